The van der Waals surface area contributed by atoms with E-state index in [-0.39, 0.29) is 5.91 Å². The molecule has 2 aromatic carbocycles. The van der Waals surface area contributed by atoms with E-state index in [0.717, 1.165) is 5.56 Å². The quantitative estimate of drug-likeness (QED) is 0.707. The molecule has 1 amide bonds. The van der Waals surface area contributed by atoms with Gasteiger partial charge in [-0.2, -0.15) is 0 Å². The van der Waals surface area contributed by atoms with Gasteiger partial charge in [-0.15, -0.1) is 0 Å². The van der Waals surface area contributed by atoms with Gasteiger partial charge in [-0.05, 0) is 41.3 Å². The molecule has 0 heterocycles. The van der Waals surface area contributed by atoms with Gasteiger partial charge in [-0.1, -0.05) is 61.3 Å². The fourth-order valence-electron chi connectivity index (χ4n) is 1.93. The van der Waals surface area contributed by atoms with E-state index in [4.69, 9.17) is 23.2 Å². The number of rotatable bonds is 4. The molecule has 0 unspecified atom stereocenters. The highest BCUT2D eigenvalue weighted by Crippen LogP contribution is 2.25. The second-order valence-corrected chi connectivity index (χ2v) is 6.11. The van der Waals surface area contributed by atoms with Crippen LogP contribution in [-0.2, 0) is 4.79 Å². The Hall–Kier alpha value is -1.77. The van der Waals surface area contributed by atoms with Crippen molar-refractivity contribution in [1.29, 1.82) is 0 Å². The van der Waals surface area contributed by atoms with Crippen LogP contribution in [0.4, 0.5) is 5.69 Å². The Morgan fingerprint density at radius 2 is 1.77 bits per heavy atom. The second kappa shape index (κ2) is 7.48. The zero-order chi connectivity index (χ0) is 16.1. The van der Waals surface area contributed by atoms with Crippen LogP contribution < -0.4 is 5.32 Å². The van der Waals surface area contributed by atoms with Gasteiger partial charge in [0.1, 0.15) is 0 Å². The van der Waals surface area contributed by atoms with E-state index in [9.17, 15) is 4.79 Å². The number of benzene rings is 2. The first-order chi connectivity index (χ1) is 10.5. The smallest absolute Gasteiger partial charge is 0.248 e. The molecule has 0 radical (unpaired) electrons. The van der Waals surface area contributed by atoms with E-state index in [2.05, 4.69) is 31.3 Å². The fraction of sp³-hybridized carbons (Fsp3) is 0.167. The van der Waals surface area contributed by atoms with Crippen LogP contribution in [0.3, 0.4) is 0 Å². The number of anilines is 1. The van der Waals surface area contributed by atoms with Gasteiger partial charge in [0, 0.05) is 11.1 Å². The van der Waals surface area contributed by atoms with Crippen molar-refractivity contribution >= 4 is 40.9 Å². The van der Waals surface area contributed by atoms with E-state index in [1.807, 2.05) is 12.1 Å². The first-order valence-electron chi connectivity index (χ1n) is 7.00. The molecule has 22 heavy (non-hydrogen) atoms. The molecule has 114 valence electrons. The molecule has 0 spiro atoms. The van der Waals surface area contributed by atoms with Crippen LogP contribution in [0.1, 0.15) is 30.9 Å². The number of amides is 1. The van der Waals surface area contributed by atoms with E-state index in [1.54, 1.807) is 24.3 Å². The molecule has 2 nitrogen and oxygen atoms in total. The Bertz CT molecular complexity index is 691. The molecule has 0 aliphatic heterocycles. The molecule has 2 rings (SSSR count). The van der Waals surface area contributed by atoms with Crippen molar-refractivity contribution in [1.82, 2.24) is 0 Å². The van der Waals surface area contributed by atoms with E-state index in [1.165, 1.54) is 11.6 Å². The predicted molar refractivity (Wildman–Crippen MR) is 94.7 cm³/mol. The molecule has 1 N–H and O–H groups in total. The monoisotopic (exact) mass is 333 g/mol. The lowest BCUT2D eigenvalue weighted by Gasteiger charge is -2.06. The van der Waals surface area contributed by atoms with Crippen LogP contribution in [0.15, 0.2) is 48.5 Å². The summed E-state index contributed by atoms with van der Waals surface area (Å²) >= 11 is 11.8. The minimum atomic E-state index is -0.239. The van der Waals surface area contributed by atoms with Crippen LogP contribution in [0.25, 0.3) is 6.08 Å². The Kier molecular flexibility index (Phi) is 5.64. The Labute approximate surface area is 140 Å². The summed E-state index contributed by atoms with van der Waals surface area (Å²) in [5.74, 6) is 0.255. The maximum Gasteiger partial charge on any atom is 0.248 e. The number of hydrogen-bond donors (Lipinski definition) is 1. The molecular weight excluding hydrogens is 317 g/mol. The maximum absolute atomic E-state index is 11.9. The summed E-state index contributed by atoms with van der Waals surface area (Å²) in [5.41, 5.74) is 2.78. The molecule has 0 fully saturated rings. The van der Waals surface area contributed by atoms with Crippen molar-refractivity contribution in [3.63, 3.8) is 0 Å². The van der Waals surface area contributed by atoms with Gasteiger partial charge < -0.3 is 5.32 Å². The lowest BCUT2D eigenvalue weighted by atomic mass is 10.0. The molecule has 4 heteroatoms. The van der Waals surface area contributed by atoms with Crippen molar-refractivity contribution in [2.75, 3.05) is 5.32 Å². The number of carbonyl (C=O) groups is 1. The molecule has 0 bridgehead atoms. The molecular formula is C18H17Cl2NO. The van der Waals surface area contributed by atoms with Gasteiger partial charge in [0.25, 0.3) is 0 Å². The van der Waals surface area contributed by atoms with Crippen molar-refractivity contribution < 1.29 is 4.79 Å². The van der Waals surface area contributed by atoms with E-state index < -0.39 is 0 Å². The van der Waals surface area contributed by atoms with Crippen molar-refractivity contribution in [3.05, 3.63) is 69.7 Å². The van der Waals surface area contributed by atoms with Gasteiger partial charge in [-0.3, -0.25) is 4.79 Å². The van der Waals surface area contributed by atoms with Crippen LogP contribution in [0, 0.1) is 0 Å². The average molecular weight is 334 g/mol. The van der Waals surface area contributed by atoms with Gasteiger partial charge >= 0.3 is 0 Å². The summed E-state index contributed by atoms with van der Waals surface area (Å²) in [4.78, 5) is 11.9. The second-order valence-electron chi connectivity index (χ2n) is 5.27. The number of halogens is 2. The fourth-order valence-corrected chi connectivity index (χ4v) is 2.38. The van der Waals surface area contributed by atoms with Crippen LogP contribution >= 0.6 is 23.2 Å². The normalized spacial score (nSPS) is 11.1. The molecule has 0 atom stereocenters. The zero-order valence-electron chi connectivity index (χ0n) is 12.4. The minimum Gasteiger partial charge on any atom is -0.321 e. The SMILES string of the molecule is CC(C)c1ccc(C=CC(=O)Nc2ccc(Cl)cc2Cl)cc1. The first kappa shape index (κ1) is 16.6. The van der Waals surface area contributed by atoms with Gasteiger partial charge in [-0.25, -0.2) is 0 Å². The van der Waals surface area contributed by atoms with Gasteiger partial charge in [0.2, 0.25) is 5.91 Å². The summed E-state index contributed by atoms with van der Waals surface area (Å²) in [6, 6.07) is 13.1. The number of carbonyl (C=O) groups excluding carboxylic acids is 1. The van der Waals surface area contributed by atoms with Crippen molar-refractivity contribution in [2.24, 2.45) is 0 Å². The maximum atomic E-state index is 11.9. The van der Waals surface area contributed by atoms with Gasteiger partial charge in [0.05, 0.1) is 10.7 Å². The topological polar surface area (TPSA) is 29.1 Å². The minimum absolute atomic E-state index is 0.239. The third kappa shape index (κ3) is 4.62. The third-order valence-corrected chi connectivity index (χ3v) is 3.77. The molecule has 0 aliphatic carbocycles. The summed E-state index contributed by atoms with van der Waals surface area (Å²) in [6.45, 7) is 4.29. The average Bonchev–Trinajstić information content (AvgIpc) is 2.48. The largest absolute Gasteiger partial charge is 0.321 e. The summed E-state index contributed by atoms with van der Waals surface area (Å²) in [5, 5.41) is 3.66. The molecule has 0 aromatic heterocycles. The lowest BCUT2D eigenvalue weighted by molar-refractivity contribution is -0.111. The molecule has 0 saturated carbocycles. The Morgan fingerprint density at radius 3 is 2.36 bits per heavy atom. The highest BCUT2D eigenvalue weighted by molar-refractivity contribution is 6.36. The Morgan fingerprint density at radius 1 is 1.09 bits per heavy atom. The third-order valence-electron chi connectivity index (χ3n) is 3.22. The first-order valence-corrected chi connectivity index (χ1v) is 7.75. The van der Waals surface area contributed by atoms with Crippen molar-refractivity contribution in [3.8, 4) is 0 Å². The highest BCUT2D eigenvalue weighted by Gasteiger charge is 2.04. The molecule has 0 aliphatic rings. The van der Waals surface area contributed by atoms with Gasteiger partial charge in [0.15, 0.2) is 0 Å². The number of nitrogens with one attached hydrogen (secondary N) is 1. The Balaban J connectivity index is 2.01. The summed E-state index contributed by atoms with van der Waals surface area (Å²) < 4.78 is 0. The highest BCUT2D eigenvalue weighted by atomic mass is 35.5. The van der Waals surface area contributed by atoms with E-state index >= 15 is 0 Å². The number of hydrogen-bond acceptors (Lipinski definition) is 1. The van der Waals surface area contributed by atoms with Crippen molar-refractivity contribution in [2.45, 2.75) is 19.8 Å². The van der Waals surface area contributed by atoms with Crippen LogP contribution in [0.2, 0.25) is 10.0 Å². The summed E-state index contributed by atoms with van der Waals surface area (Å²) in [7, 11) is 0. The summed E-state index contributed by atoms with van der Waals surface area (Å²) in [6.07, 6.45) is 3.25. The molecule has 2 aromatic rings. The zero-order valence-corrected chi connectivity index (χ0v) is 13.9. The van der Waals surface area contributed by atoms with Crippen LogP contribution in [-0.4, -0.2) is 5.91 Å². The van der Waals surface area contributed by atoms with Crippen LogP contribution in [0.5, 0.6) is 0 Å². The predicted octanol–water partition coefficient (Wildman–Crippen LogP) is 5.77. The lowest BCUT2D eigenvalue weighted by Crippen LogP contribution is -2.08. The standard InChI is InChI=1S/C18H17Cl2NO/c1-12(2)14-6-3-13(4-7-14)5-10-18(22)21-17-9-8-15(19)11-16(17)20/h3-12H,1-2H3,(H,21,22). The van der Waals surface area contributed by atoms with E-state index in [0.29, 0.717) is 21.7 Å². The molecule has 0 saturated heterocycles.